The Balaban J connectivity index is 2.61. The number of rotatable bonds is 7. The summed E-state index contributed by atoms with van der Waals surface area (Å²) in [4.78, 5) is 22.0. The summed E-state index contributed by atoms with van der Waals surface area (Å²) in [5.41, 5.74) is 1.11. The van der Waals surface area contributed by atoms with Crippen molar-refractivity contribution in [1.82, 2.24) is 10.6 Å². The highest BCUT2D eigenvalue weighted by molar-refractivity contribution is 5.82. The zero-order valence-electron chi connectivity index (χ0n) is 11.2. The average Bonchev–Trinajstić information content (AvgIpc) is 2.38. The number of carboxylic acid groups (broad SMARTS) is 1. The van der Waals surface area contributed by atoms with E-state index in [2.05, 4.69) is 10.6 Å². The van der Waals surface area contributed by atoms with Gasteiger partial charge in [-0.1, -0.05) is 37.3 Å². The summed E-state index contributed by atoms with van der Waals surface area (Å²) < 4.78 is 0. The van der Waals surface area contributed by atoms with Crippen molar-refractivity contribution in [3.05, 3.63) is 35.9 Å². The molecule has 2 unspecified atom stereocenters. The van der Waals surface area contributed by atoms with Crippen LogP contribution in [0.4, 0.5) is 0 Å². The lowest BCUT2D eigenvalue weighted by atomic mass is 10.0. The third kappa shape index (κ3) is 5.09. The number of carbonyl (C=O) groups excluding carboxylic acids is 1. The second kappa shape index (κ2) is 7.53. The highest BCUT2D eigenvalue weighted by Gasteiger charge is 2.19. The van der Waals surface area contributed by atoms with Crippen LogP contribution in [0.1, 0.15) is 31.9 Å². The molecule has 3 N–H and O–H groups in total. The van der Waals surface area contributed by atoms with E-state index in [0.717, 1.165) is 12.0 Å². The van der Waals surface area contributed by atoms with Crippen molar-refractivity contribution in [2.24, 2.45) is 0 Å². The van der Waals surface area contributed by atoms with Crippen LogP contribution in [0.15, 0.2) is 30.3 Å². The van der Waals surface area contributed by atoms with Crippen LogP contribution >= 0.6 is 0 Å². The Labute approximate surface area is 113 Å². The number of hydrogen-bond acceptors (Lipinski definition) is 3. The van der Waals surface area contributed by atoms with Crippen LogP contribution in [0.5, 0.6) is 0 Å². The molecule has 5 heteroatoms. The molecule has 1 amide bonds. The van der Waals surface area contributed by atoms with Gasteiger partial charge < -0.3 is 15.7 Å². The molecule has 0 saturated heterocycles. The second-order valence-electron chi connectivity index (χ2n) is 4.37. The SMILES string of the molecule is CCC(NCC(NC(C)=O)C(=O)O)c1ccccc1. The number of carboxylic acids is 1. The molecule has 5 nitrogen and oxygen atoms in total. The molecule has 0 aliphatic rings. The van der Waals surface area contributed by atoms with Gasteiger partial charge in [0.2, 0.25) is 5.91 Å². The summed E-state index contributed by atoms with van der Waals surface area (Å²) in [7, 11) is 0. The maximum absolute atomic E-state index is 11.0. The first-order valence-corrected chi connectivity index (χ1v) is 6.32. The minimum atomic E-state index is -1.04. The van der Waals surface area contributed by atoms with Gasteiger partial charge in [0.25, 0.3) is 0 Å². The standard InChI is InChI=1S/C14H20N2O3/c1-3-12(11-7-5-4-6-8-11)15-9-13(14(18)19)16-10(2)17/h4-8,12-13,15H,3,9H2,1-2H3,(H,16,17)(H,18,19). The lowest BCUT2D eigenvalue weighted by molar-refractivity contribution is -0.141. The van der Waals surface area contributed by atoms with Crippen molar-refractivity contribution in [3.8, 4) is 0 Å². The minimum absolute atomic E-state index is 0.0804. The van der Waals surface area contributed by atoms with Gasteiger partial charge in [0.1, 0.15) is 6.04 Å². The van der Waals surface area contributed by atoms with Crippen LogP contribution in [0.3, 0.4) is 0 Å². The number of nitrogens with one attached hydrogen (secondary N) is 2. The van der Waals surface area contributed by atoms with Crippen LogP contribution in [0.2, 0.25) is 0 Å². The van der Waals surface area contributed by atoms with E-state index in [-0.39, 0.29) is 18.5 Å². The van der Waals surface area contributed by atoms with Crippen molar-refractivity contribution in [3.63, 3.8) is 0 Å². The molecule has 0 aliphatic carbocycles. The first kappa shape index (κ1) is 15.2. The number of hydrogen-bond donors (Lipinski definition) is 3. The van der Waals surface area contributed by atoms with Crippen LogP contribution < -0.4 is 10.6 Å². The van der Waals surface area contributed by atoms with Gasteiger partial charge in [-0.3, -0.25) is 4.79 Å². The van der Waals surface area contributed by atoms with E-state index in [1.54, 1.807) is 0 Å². The molecule has 1 aromatic rings. The van der Waals surface area contributed by atoms with Crippen molar-refractivity contribution < 1.29 is 14.7 Å². The molecule has 0 fully saturated rings. The molecule has 1 aromatic carbocycles. The average molecular weight is 264 g/mol. The van der Waals surface area contributed by atoms with E-state index in [0.29, 0.717) is 0 Å². The second-order valence-corrected chi connectivity index (χ2v) is 4.37. The molecule has 0 aliphatic heterocycles. The Hall–Kier alpha value is -1.88. The van der Waals surface area contributed by atoms with Gasteiger partial charge in [0.05, 0.1) is 0 Å². The molecule has 1 rings (SSSR count). The highest BCUT2D eigenvalue weighted by atomic mass is 16.4. The van der Waals surface area contributed by atoms with E-state index in [9.17, 15) is 9.59 Å². The molecule has 0 heterocycles. The minimum Gasteiger partial charge on any atom is -0.480 e. The summed E-state index contributed by atoms with van der Waals surface area (Å²) >= 11 is 0. The summed E-state index contributed by atoms with van der Waals surface area (Å²) in [5, 5.41) is 14.6. The molecule has 0 saturated carbocycles. The van der Waals surface area contributed by atoms with Crippen molar-refractivity contribution in [2.45, 2.75) is 32.4 Å². The summed E-state index contributed by atoms with van der Waals surface area (Å²) in [6.45, 7) is 3.53. The molecule has 2 atom stereocenters. The van der Waals surface area contributed by atoms with E-state index >= 15 is 0 Å². The first-order chi connectivity index (χ1) is 9.04. The smallest absolute Gasteiger partial charge is 0.327 e. The molecule has 0 bridgehead atoms. The number of aliphatic carboxylic acids is 1. The molecule has 104 valence electrons. The van der Waals surface area contributed by atoms with Gasteiger partial charge >= 0.3 is 5.97 Å². The molecule has 0 radical (unpaired) electrons. The fourth-order valence-corrected chi connectivity index (χ4v) is 1.89. The molecule has 19 heavy (non-hydrogen) atoms. The number of benzene rings is 1. The van der Waals surface area contributed by atoms with Crippen LogP contribution in [0, 0.1) is 0 Å². The maximum atomic E-state index is 11.0. The van der Waals surface area contributed by atoms with Crippen molar-refractivity contribution in [2.75, 3.05) is 6.54 Å². The van der Waals surface area contributed by atoms with Gasteiger partial charge in [-0.2, -0.15) is 0 Å². The normalized spacial score (nSPS) is 13.6. The summed E-state index contributed by atoms with van der Waals surface area (Å²) in [6, 6.07) is 9.00. The fourth-order valence-electron chi connectivity index (χ4n) is 1.89. The zero-order valence-corrected chi connectivity index (χ0v) is 11.2. The predicted molar refractivity (Wildman–Crippen MR) is 72.7 cm³/mol. The lowest BCUT2D eigenvalue weighted by Gasteiger charge is -2.20. The topological polar surface area (TPSA) is 78.4 Å². The Morgan fingerprint density at radius 3 is 2.37 bits per heavy atom. The highest BCUT2D eigenvalue weighted by Crippen LogP contribution is 2.15. The third-order valence-corrected chi connectivity index (χ3v) is 2.85. The van der Waals surface area contributed by atoms with Crippen molar-refractivity contribution >= 4 is 11.9 Å². The summed E-state index contributed by atoms with van der Waals surface area (Å²) in [5.74, 6) is -1.38. The monoisotopic (exact) mass is 264 g/mol. The van der Waals surface area contributed by atoms with E-state index < -0.39 is 12.0 Å². The fraction of sp³-hybridized carbons (Fsp3) is 0.429. The van der Waals surface area contributed by atoms with E-state index in [4.69, 9.17) is 5.11 Å². The Kier molecular flexibility index (Phi) is 6.02. The van der Waals surface area contributed by atoms with Gasteiger partial charge in [-0.05, 0) is 12.0 Å². The molecular formula is C14H20N2O3. The van der Waals surface area contributed by atoms with Crippen LogP contribution in [-0.4, -0.2) is 29.6 Å². The molecular weight excluding hydrogens is 244 g/mol. The Bertz CT molecular complexity index is 420. The Morgan fingerprint density at radius 1 is 1.26 bits per heavy atom. The van der Waals surface area contributed by atoms with Gasteiger partial charge in [0.15, 0.2) is 0 Å². The molecule has 0 aromatic heterocycles. The quantitative estimate of drug-likeness (QED) is 0.694. The van der Waals surface area contributed by atoms with Crippen molar-refractivity contribution in [1.29, 1.82) is 0 Å². The maximum Gasteiger partial charge on any atom is 0.327 e. The van der Waals surface area contributed by atoms with Crippen LogP contribution in [0.25, 0.3) is 0 Å². The lowest BCUT2D eigenvalue weighted by Crippen LogP contribution is -2.47. The van der Waals surface area contributed by atoms with Crippen LogP contribution in [-0.2, 0) is 9.59 Å². The predicted octanol–water partition coefficient (Wildman–Crippen LogP) is 1.32. The van der Waals surface area contributed by atoms with Gasteiger partial charge in [0, 0.05) is 19.5 Å². The largest absolute Gasteiger partial charge is 0.480 e. The van der Waals surface area contributed by atoms with E-state index in [1.165, 1.54) is 6.92 Å². The van der Waals surface area contributed by atoms with Gasteiger partial charge in [-0.25, -0.2) is 4.79 Å². The summed E-state index contributed by atoms with van der Waals surface area (Å²) in [6.07, 6.45) is 0.844. The first-order valence-electron chi connectivity index (χ1n) is 6.32. The number of carbonyl (C=O) groups is 2. The third-order valence-electron chi connectivity index (χ3n) is 2.85. The number of amides is 1. The van der Waals surface area contributed by atoms with E-state index in [1.807, 2.05) is 37.3 Å². The Morgan fingerprint density at radius 2 is 1.89 bits per heavy atom. The van der Waals surface area contributed by atoms with Gasteiger partial charge in [-0.15, -0.1) is 0 Å². The zero-order chi connectivity index (χ0) is 14.3. The molecule has 0 spiro atoms.